The fourth-order valence-electron chi connectivity index (χ4n) is 3.12. The van der Waals surface area contributed by atoms with E-state index in [0.717, 1.165) is 0 Å². The minimum Gasteiger partial charge on any atom is -0.320 e. The summed E-state index contributed by atoms with van der Waals surface area (Å²) in [7, 11) is -3.67. The molecule has 0 bridgehead atoms. The van der Waals surface area contributed by atoms with Gasteiger partial charge in [-0.2, -0.15) is 0 Å². The molecule has 3 aromatic carbocycles. The molecule has 4 rings (SSSR count). The van der Waals surface area contributed by atoms with Crippen molar-refractivity contribution >= 4 is 76.8 Å². The van der Waals surface area contributed by atoms with Gasteiger partial charge in [0.15, 0.2) is 9.84 Å². The van der Waals surface area contributed by atoms with Crippen LogP contribution >= 0.6 is 43.6 Å². The van der Waals surface area contributed by atoms with Crippen LogP contribution < -0.4 is 5.32 Å². The molecule has 0 fully saturated rings. The topological polar surface area (TPSA) is 106 Å². The highest BCUT2D eigenvalue weighted by Gasteiger charge is 2.25. The van der Waals surface area contributed by atoms with E-state index >= 15 is 0 Å². The largest absolute Gasteiger partial charge is 0.320 e. The second-order valence-corrected chi connectivity index (χ2v) is 11.8. The Kier molecular flexibility index (Phi) is 6.76. The zero-order valence-electron chi connectivity index (χ0n) is 16.6. The van der Waals surface area contributed by atoms with Gasteiger partial charge in [0, 0.05) is 26.0 Å². The van der Waals surface area contributed by atoms with Crippen LogP contribution in [0.3, 0.4) is 0 Å². The molecule has 0 aliphatic carbocycles. The minimum absolute atomic E-state index is 0.0356. The van der Waals surface area contributed by atoms with Crippen molar-refractivity contribution in [2.45, 2.75) is 15.5 Å². The average Bonchev–Trinajstić information content (AvgIpc) is 2.77. The Balaban J connectivity index is 1.59. The number of benzene rings is 3. The van der Waals surface area contributed by atoms with Gasteiger partial charge >= 0.3 is 0 Å². The molecule has 0 atom stereocenters. The lowest BCUT2D eigenvalue weighted by molar-refractivity contribution is -0.384. The summed E-state index contributed by atoms with van der Waals surface area (Å²) in [4.78, 5) is 24.1. The number of nitrogens with zero attached hydrogens (tertiary/aromatic N) is 1. The third-order valence-electron chi connectivity index (χ3n) is 4.80. The van der Waals surface area contributed by atoms with Gasteiger partial charge in [-0.1, -0.05) is 49.7 Å². The fourth-order valence-corrected chi connectivity index (χ4v) is 7.13. The van der Waals surface area contributed by atoms with Gasteiger partial charge in [-0.3, -0.25) is 14.9 Å². The third kappa shape index (κ3) is 5.21. The minimum atomic E-state index is -3.67. The number of sulfone groups is 1. The summed E-state index contributed by atoms with van der Waals surface area (Å²) in [6.07, 6.45) is 1.63. The molecule has 168 valence electrons. The highest BCUT2D eigenvalue weighted by atomic mass is 79.9. The van der Waals surface area contributed by atoms with Crippen molar-refractivity contribution in [2.24, 2.45) is 0 Å². The van der Waals surface area contributed by atoms with E-state index in [0.29, 0.717) is 35.6 Å². The normalized spacial score (nSPS) is 14.6. The molecule has 1 amide bonds. The summed E-state index contributed by atoms with van der Waals surface area (Å²) in [6, 6.07) is 15.8. The lowest BCUT2D eigenvalue weighted by Crippen LogP contribution is -2.18. The number of thioether (sulfide) groups is 1. The second-order valence-electron chi connectivity index (χ2n) is 7.03. The molecule has 0 radical (unpaired) electrons. The van der Waals surface area contributed by atoms with E-state index in [9.17, 15) is 23.3 Å². The number of anilines is 1. The van der Waals surface area contributed by atoms with Crippen molar-refractivity contribution in [3.05, 3.63) is 95.8 Å². The van der Waals surface area contributed by atoms with Crippen LogP contribution in [0, 0.1) is 10.1 Å². The molecule has 1 aliphatic heterocycles. The first-order valence-electron chi connectivity index (χ1n) is 9.39. The number of hydrogen-bond donors (Lipinski definition) is 1. The molecule has 33 heavy (non-hydrogen) atoms. The average molecular weight is 610 g/mol. The van der Waals surface area contributed by atoms with Crippen molar-refractivity contribution < 1.29 is 18.1 Å². The van der Waals surface area contributed by atoms with Crippen molar-refractivity contribution in [3.8, 4) is 0 Å². The van der Waals surface area contributed by atoms with E-state index in [-0.39, 0.29) is 22.2 Å². The maximum absolute atomic E-state index is 13.0. The fraction of sp³-hybridized carbons (Fsp3) is 0.0455. The number of fused-ring (bicyclic) bond motifs is 1. The van der Waals surface area contributed by atoms with E-state index in [1.165, 1.54) is 36.0 Å². The molecule has 0 saturated carbocycles. The van der Waals surface area contributed by atoms with Crippen LogP contribution in [0.4, 0.5) is 11.4 Å². The van der Waals surface area contributed by atoms with Crippen molar-refractivity contribution in [2.75, 3.05) is 5.32 Å². The van der Waals surface area contributed by atoms with Crippen LogP contribution in [0.5, 0.6) is 0 Å². The highest BCUT2D eigenvalue weighted by Crippen LogP contribution is 2.40. The molecule has 3 aromatic rings. The number of carbonyl (C=O) groups excluding carboxylic acids is 1. The van der Waals surface area contributed by atoms with Gasteiger partial charge in [0.1, 0.15) is 0 Å². The summed E-state index contributed by atoms with van der Waals surface area (Å²) in [5.74, 6) is -0.589. The number of halogens is 2. The van der Waals surface area contributed by atoms with Crippen molar-refractivity contribution in [1.29, 1.82) is 0 Å². The van der Waals surface area contributed by atoms with Gasteiger partial charge in [-0.15, -0.1) is 0 Å². The van der Waals surface area contributed by atoms with Crippen LogP contribution in [0.25, 0.3) is 6.08 Å². The molecular formula is C22H14Br2N2O5S2. The standard InChI is InChI=1S/C22H14Br2N2O5S2/c23-17-2-1-3-18(24)16(17)12-33(30,31)15-8-9-20-19(11-15)25-22(27)21(32-20)10-13-4-6-14(7-5-13)26(28)29/h1-11H,12H2,(H,25,27)/b21-10-. The number of nitro benzene ring substituents is 1. The van der Waals surface area contributed by atoms with Crippen LogP contribution in [-0.2, 0) is 20.4 Å². The van der Waals surface area contributed by atoms with Crippen LogP contribution in [0.2, 0.25) is 0 Å². The summed E-state index contributed by atoms with van der Waals surface area (Å²) < 4.78 is 27.4. The molecule has 1 heterocycles. The Labute approximate surface area is 210 Å². The van der Waals surface area contributed by atoms with Gasteiger partial charge in [-0.25, -0.2) is 8.42 Å². The maximum Gasteiger partial charge on any atom is 0.269 e. The zero-order valence-corrected chi connectivity index (χ0v) is 21.4. The van der Waals surface area contributed by atoms with Gasteiger partial charge in [-0.05, 0) is 59.7 Å². The van der Waals surface area contributed by atoms with Gasteiger partial charge in [0.25, 0.3) is 11.6 Å². The van der Waals surface area contributed by atoms with Gasteiger partial charge in [0.2, 0.25) is 0 Å². The van der Waals surface area contributed by atoms with E-state index in [4.69, 9.17) is 0 Å². The number of rotatable bonds is 5. The lowest BCUT2D eigenvalue weighted by Gasteiger charge is -2.19. The molecule has 0 spiro atoms. The zero-order chi connectivity index (χ0) is 23.8. The number of non-ortho nitro benzene ring substituents is 1. The second kappa shape index (κ2) is 9.41. The van der Waals surface area contributed by atoms with Crippen molar-refractivity contribution in [1.82, 2.24) is 0 Å². The Morgan fingerprint density at radius 2 is 1.70 bits per heavy atom. The highest BCUT2D eigenvalue weighted by molar-refractivity contribution is 9.11. The Hall–Kier alpha value is -2.47. The van der Waals surface area contributed by atoms with Crippen LogP contribution in [0.15, 0.2) is 84.3 Å². The number of nitro groups is 1. The first kappa shape index (κ1) is 23.7. The maximum atomic E-state index is 13.0. The first-order valence-corrected chi connectivity index (χ1v) is 13.4. The number of amides is 1. The molecule has 7 nitrogen and oxygen atoms in total. The Morgan fingerprint density at radius 3 is 2.33 bits per heavy atom. The molecule has 0 saturated heterocycles. The quantitative estimate of drug-likeness (QED) is 0.210. The van der Waals surface area contributed by atoms with Gasteiger partial charge < -0.3 is 5.32 Å². The van der Waals surface area contributed by atoms with Crippen molar-refractivity contribution in [3.63, 3.8) is 0 Å². The smallest absolute Gasteiger partial charge is 0.269 e. The number of nitrogens with one attached hydrogen (secondary N) is 1. The molecule has 1 N–H and O–H groups in total. The van der Waals surface area contributed by atoms with Crippen LogP contribution in [0.1, 0.15) is 11.1 Å². The molecule has 11 heteroatoms. The van der Waals surface area contributed by atoms with Crippen LogP contribution in [-0.4, -0.2) is 19.2 Å². The molecule has 1 aliphatic rings. The Bertz CT molecular complexity index is 1400. The number of carbonyl (C=O) groups is 1. The third-order valence-corrected chi connectivity index (χ3v) is 9.03. The van der Waals surface area contributed by atoms with Gasteiger partial charge in [0.05, 0.1) is 26.2 Å². The summed E-state index contributed by atoms with van der Waals surface area (Å²) in [6.45, 7) is 0. The molecule has 0 unspecified atom stereocenters. The molecule has 0 aromatic heterocycles. The SMILES string of the molecule is O=C1Nc2cc(S(=O)(=O)Cc3c(Br)cccc3Br)ccc2S/C1=C\c1ccc([N+](=O)[O-])cc1. The predicted molar refractivity (Wildman–Crippen MR) is 135 cm³/mol. The summed E-state index contributed by atoms with van der Waals surface area (Å²) in [5.41, 5.74) is 1.63. The summed E-state index contributed by atoms with van der Waals surface area (Å²) >= 11 is 7.99. The number of hydrogen-bond acceptors (Lipinski definition) is 6. The Morgan fingerprint density at radius 1 is 1.03 bits per heavy atom. The monoisotopic (exact) mass is 608 g/mol. The van der Waals surface area contributed by atoms with E-state index in [1.807, 2.05) is 0 Å². The summed E-state index contributed by atoms with van der Waals surface area (Å²) in [5, 5.41) is 13.5. The van der Waals surface area contributed by atoms with E-state index < -0.39 is 14.8 Å². The lowest BCUT2D eigenvalue weighted by atomic mass is 10.2. The predicted octanol–water partition coefficient (Wildman–Crippen LogP) is 6.18. The first-order chi connectivity index (χ1) is 15.6. The van der Waals surface area contributed by atoms with E-state index in [1.54, 1.807) is 42.5 Å². The van der Waals surface area contributed by atoms with E-state index in [2.05, 4.69) is 37.2 Å². The molecular weight excluding hydrogens is 596 g/mol.